The van der Waals surface area contributed by atoms with Crippen LogP contribution in [0.3, 0.4) is 0 Å². The molecule has 1 N–H and O–H groups in total. The van der Waals surface area contributed by atoms with Crippen molar-refractivity contribution in [3.05, 3.63) is 35.9 Å². The van der Waals surface area contributed by atoms with Gasteiger partial charge in [-0.3, -0.25) is 9.59 Å². The number of esters is 1. The van der Waals surface area contributed by atoms with Crippen molar-refractivity contribution >= 4 is 11.9 Å². The van der Waals surface area contributed by atoms with Crippen LogP contribution in [-0.2, 0) is 9.53 Å². The molecule has 0 aliphatic heterocycles. The fourth-order valence-electron chi connectivity index (χ4n) is 1.11. The van der Waals surface area contributed by atoms with Gasteiger partial charge in [-0.05, 0) is 19.1 Å². The minimum absolute atomic E-state index is 0.250. The Kier molecular flexibility index (Phi) is 4.70. The van der Waals surface area contributed by atoms with Gasteiger partial charge in [-0.25, -0.2) is 0 Å². The molecule has 0 saturated carbocycles. The summed E-state index contributed by atoms with van der Waals surface area (Å²) < 4.78 is 4.67. The molecule has 1 atom stereocenters. The second-order valence-electron chi connectivity index (χ2n) is 3.31. The van der Waals surface area contributed by atoms with Crippen molar-refractivity contribution in [3.8, 4) is 6.07 Å². The lowest BCUT2D eigenvalue weighted by Crippen LogP contribution is -2.31. The number of nitrogens with zero attached hydrogens (tertiary/aromatic N) is 1. The van der Waals surface area contributed by atoms with Crippen molar-refractivity contribution in [2.75, 3.05) is 6.54 Å². The van der Waals surface area contributed by atoms with Gasteiger partial charge in [-0.15, -0.1) is 0 Å². The van der Waals surface area contributed by atoms with E-state index in [-0.39, 0.29) is 12.5 Å². The Labute approximate surface area is 99.0 Å². The number of rotatable bonds is 4. The van der Waals surface area contributed by atoms with Crippen molar-refractivity contribution in [1.29, 1.82) is 5.26 Å². The van der Waals surface area contributed by atoms with E-state index in [4.69, 9.17) is 5.26 Å². The smallest absolute Gasteiger partial charge is 0.326 e. The quantitative estimate of drug-likeness (QED) is 0.781. The summed E-state index contributed by atoms with van der Waals surface area (Å²) in [6, 6.07) is 10.3. The number of ether oxygens (including phenoxy) is 1. The molecule has 0 aliphatic carbocycles. The molecule has 5 nitrogen and oxygen atoms in total. The molecule has 1 amide bonds. The summed E-state index contributed by atoms with van der Waals surface area (Å²) in [5.74, 6) is -0.990. The van der Waals surface area contributed by atoms with Crippen LogP contribution in [0.25, 0.3) is 0 Å². The number of hydrogen-bond donors (Lipinski definition) is 1. The monoisotopic (exact) mass is 232 g/mol. The lowest BCUT2D eigenvalue weighted by Gasteiger charge is -2.07. The summed E-state index contributed by atoms with van der Waals surface area (Å²) in [6.45, 7) is 1.21. The van der Waals surface area contributed by atoms with E-state index < -0.39 is 12.1 Å². The Morgan fingerprint density at radius 3 is 2.65 bits per heavy atom. The summed E-state index contributed by atoms with van der Waals surface area (Å²) in [6.07, 6.45) is -0.809. The highest BCUT2D eigenvalue weighted by molar-refractivity contribution is 5.95. The molecule has 17 heavy (non-hydrogen) atoms. The fourth-order valence-corrected chi connectivity index (χ4v) is 1.11. The summed E-state index contributed by atoms with van der Waals surface area (Å²) >= 11 is 0. The molecule has 0 spiro atoms. The van der Waals surface area contributed by atoms with Crippen LogP contribution in [0.4, 0.5) is 0 Å². The molecule has 1 rings (SSSR count). The predicted molar refractivity (Wildman–Crippen MR) is 59.9 cm³/mol. The fraction of sp³-hybridized carbons (Fsp3) is 0.250. The molecule has 0 saturated heterocycles. The molecule has 0 aromatic heterocycles. The van der Waals surface area contributed by atoms with Gasteiger partial charge in [0.1, 0.15) is 12.6 Å². The average molecular weight is 232 g/mol. The minimum atomic E-state index is -0.809. The van der Waals surface area contributed by atoms with Gasteiger partial charge in [0, 0.05) is 5.56 Å². The van der Waals surface area contributed by atoms with Crippen molar-refractivity contribution in [1.82, 2.24) is 5.32 Å². The molecule has 0 aliphatic rings. The highest BCUT2D eigenvalue weighted by Gasteiger charge is 2.10. The zero-order valence-corrected chi connectivity index (χ0v) is 9.34. The van der Waals surface area contributed by atoms with Crippen LogP contribution in [0, 0.1) is 11.3 Å². The lowest BCUT2D eigenvalue weighted by atomic mass is 10.2. The third kappa shape index (κ3) is 4.34. The van der Waals surface area contributed by atoms with E-state index in [2.05, 4.69) is 10.1 Å². The maximum atomic E-state index is 11.5. The van der Waals surface area contributed by atoms with Gasteiger partial charge in [0.25, 0.3) is 5.91 Å². The molecule has 0 heterocycles. The van der Waals surface area contributed by atoms with E-state index in [0.717, 1.165) is 0 Å². The van der Waals surface area contributed by atoms with Crippen LogP contribution in [0.5, 0.6) is 0 Å². The van der Waals surface area contributed by atoms with Crippen molar-refractivity contribution in [2.45, 2.75) is 13.0 Å². The standard InChI is InChI=1S/C12H12N2O3/c1-9(7-13)17-11(15)8-14-12(16)10-5-3-2-4-6-10/h2-6,9H,8H2,1H3,(H,14,16)/t9-/m0/s1. The number of nitrogens with one attached hydrogen (secondary N) is 1. The number of benzene rings is 1. The van der Waals surface area contributed by atoms with Gasteiger partial charge in [-0.1, -0.05) is 18.2 Å². The van der Waals surface area contributed by atoms with Gasteiger partial charge in [0.2, 0.25) is 0 Å². The average Bonchev–Trinajstić information content (AvgIpc) is 2.36. The summed E-state index contributed by atoms with van der Waals surface area (Å²) in [7, 11) is 0. The lowest BCUT2D eigenvalue weighted by molar-refractivity contribution is -0.144. The van der Waals surface area contributed by atoms with E-state index in [9.17, 15) is 9.59 Å². The summed E-state index contributed by atoms with van der Waals surface area (Å²) in [5.41, 5.74) is 0.466. The molecular weight excluding hydrogens is 220 g/mol. The van der Waals surface area contributed by atoms with Crippen molar-refractivity contribution < 1.29 is 14.3 Å². The number of hydrogen-bond acceptors (Lipinski definition) is 4. The number of carbonyl (C=O) groups is 2. The highest BCUT2D eigenvalue weighted by Crippen LogP contribution is 1.97. The van der Waals surface area contributed by atoms with Crippen molar-refractivity contribution in [2.24, 2.45) is 0 Å². The molecule has 88 valence electrons. The number of carbonyl (C=O) groups excluding carboxylic acids is 2. The Bertz CT molecular complexity index is 437. The minimum Gasteiger partial charge on any atom is -0.446 e. The molecule has 0 fully saturated rings. The Morgan fingerprint density at radius 2 is 2.06 bits per heavy atom. The zero-order chi connectivity index (χ0) is 12.7. The van der Waals surface area contributed by atoms with Crippen molar-refractivity contribution in [3.63, 3.8) is 0 Å². The highest BCUT2D eigenvalue weighted by atomic mass is 16.5. The molecular formula is C12H12N2O3. The van der Waals surface area contributed by atoms with Gasteiger partial charge >= 0.3 is 5.97 Å². The van der Waals surface area contributed by atoms with Crippen LogP contribution in [-0.4, -0.2) is 24.5 Å². The molecule has 0 bridgehead atoms. The van der Waals surface area contributed by atoms with E-state index in [1.165, 1.54) is 6.92 Å². The second-order valence-corrected chi connectivity index (χ2v) is 3.31. The number of amides is 1. The molecule has 1 aromatic carbocycles. The van der Waals surface area contributed by atoms with Crippen LogP contribution >= 0.6 is 0 Å². The number of nitriles is 1. The first-order chi connectivity index (χ1) is 8.13. The van der Waals surface area contributed by atoms with E-state index in [1.54, 1.807) is 36.4 Å². The molecule has 0 unspecified atom stereocenters. The second kappa shape index (κ2) is 6.28. The third-order valence-corrected chi connectivity index (χ3v) is 1.92. The van der Waals surface area contributed by atoms with E-state index in [1.807, 2.05) is 0 Å². The molecule has 0 radical (unpaired) electrons. The summed E-state index contributed by atoms with van der Waals surface area (Å²) in [5, 5.41) is 10.8. The maximum Gasteiger partial charge on any atom is 0.326 e. The predicted octanol–water partition coefficient (Wildman–Crippen LogP) is 0.872. The first kappa shape index (κ1) is 12.7. The van der Waals surface area contributed by atoms with Crippen LogP contribution < -0.4 is 5.32 Å². The molecule has 5 heteroatoms. The zero-order valence-electron chi connectivity index (χ0n) is 9.34. The third-order valence-electron chi connectivity index (χ3n) is 1.92. The Hall–Kier alpha value is -2.35. The van der Waals surface area contributed by atoms with Gasteiger partial charge in [0.15, 0.2) is 6.10 Å². The first-order valence-electron chi connectivity index (χ1n) is 5.06. The van der Waals surface area contributed by atoms with E-state index >= 15 is 0 Å². The Morgan fingerprint density at radius 1 is 1.41 bits per heavy atom. The Balaban J connectivity index is 2.39. The van der Waals surface area contributed by atoms with Crippen LogP contribution in [0.15, 0.2) is 30.3 Å². The van der Waals surface area contributed by atoms with Crippen LogP contribution in [0.1, 0.15) is 17.3 Å². The van der Waals surface area contributed by atoms with Crippen LogP contribution in [0.2, 0.25) is 0 Å². The maximum absolute atomic E-state index is 11.5. The van der Waals surface area contributed by atoms with Gasteiger partial charge in [0.05, 0.1) is 0 Å². The topological polar surface area (TPSA) is 79.2 Å². The van der Waals surface area contributed by atoms with Gasteiger partial charge in [-0.2, -0.15) is 5.26 Å². The van der Waals surface area contributed by atoms with Gasteiger partial charge < -0.3 is 10.1 Å². The largest absolute Gasteiger partial charge is 0.446 e. The SMILES string of the molecule is C[C@@H](C#N)OC(=O)CNC(=O)c1ccccc1. The summed E-state index contributed by atoms with van der Waals surface area (Å²) in [4.78, 5) is 22.7. The van der Waals surface area contributed by atoms with E-state index in [0.29, 0.717) is 5.56 Å². The normalized spacial score (nSPS) is 11.1. The first-order valence-corrected chi connectivity index (χ1v) is 5.06. The molecule has 1 aromatic rings.